The van der Waals surface area contributed by atoms with Gasteiger partial charge in [-0.15, -0.1) is 0 Å². The average Bonchev–Trinajstić information content (AvgIpc) is 1.61. The molecule has 0 saturated heterocycles. The summed E-state index contributed by atoms with van der Waals surface area (Å²) in [7, 11) is -1.94. The van der Waals surface area contributed by atoms with Crippen LogP contribution in [0.1, 0.15) is 6.42 Å². The van der Waals surface area contributed by atoms with E-state index in [9.17, 15) is 4.57 Å². The molecule has 0 heterocycles. The van der Waals surface area contributed by atoms with Crippen molar-refractivity contribution >= 4 is 8.03 Å². The van der Waals surface area contributed by atoms with Gasteiger partial charge in [0.15, 0.2) is 6.16 Å². The molecule has 0 aliphatic heterocycles. The van der Waals surface area contributed by atoms with E-state index in [4.69, 9.17) is 10.6 Å². The number of hydrogen-bond acceptors (Lipinski definition) is 2. The molecule has 0 amide bonds. The monoisotopic (exact) mass is 122 g/mol. The first-order chi connectivity index (χ1) is 3.27. The third-order valence-electron chi connectivity index (χ3n) is 0.554. The zero-order chi connectivity index (χ0) is 5.70. The van der Waals surface area contributed by atoms with Gasteiger partial charge in [0.05, 0.1) is 0 Å². The van der Waals surface area contributed by atoms with Crippen molar-refractivity contribution in [3.63, 3.8) is 0 Å². The third-order valence-corrected chi connectivity index (χ3v) is 1.25. The predicted molar refractivity (Wildman–Crippen MR) is 28.4 cm³/mol. The summed E-state index contributed by atoms with van der Waals surface area (Å²) in [5, 5.41) is 0. The summed E-state index contributed by atoms with van der Waals surface area (Å²) in [5.74, 6) is 0. The maximum atomic E-state index is 9.85. The fourth-order valence-corrected chi connectivity index (χ4v) is 0.680. The SMILES string of the molecule is NCCC[P+](=O)O. The summed E-state index contributed by atoms with van der Waals surface area (Å²) >= 11 is 0. The molecule has 1 atom stereocenters. The Bertz CT molecular complexity index is 66.0. The quantitative estimate of drug-likeness (QED) is 0.520. The van der Waals surface area contributed by atoms with Crippen molar-refractivity contribution in [1.82, 2.24) is 0 Å². The third kappa shape index (κ3) is 6.02. The van der Waals surface area contributed by atoms with Gasteiger partial charge in [0, 0.05) is 6.42 Å². The lowest BCUT2D eigenvalue weighted by Gasteiger charge is -1.76. The smallest absolute Gasteiger partial charge is 0.330 e. The Hall–Kier alpha value is 0.0200. The van der Waals surface area contributed by atoms with E-state index in [2.05, 4.69) is 0 Å². The molecular weight excluding hydrogens is 113 g/mol. The minimum atomic E-state index is -1.94. The first-order valence-corrected chi connectivity index (χ1v) is 3.50. The number of rotatable bonds is 3. The van der Waals surface area contributed by atoms with Crippen LogP contribution in [0.4, 0.5) is 0 Å². The summed E-state index contributed by atoms with van der Waals surface area (Å²) in [6.45, 7) is 0.502. The van der Waals surface area contributed by atoms with Crippen LogP contribution in [0.2, 0.25) is 0 Å². The molecule has 0 aromatic carbocycles. The molecule has 3 nitrogen and oxygen atoms in total. The predicted octanol–water partition coefficient (Wildman–Crippen LogP) is 0.0699. The van der Waals surface area contributed by atoms with Crippen molar-refractivity contribution in [1.29, 1.82) is 0 Å². The molecule has 42 valence electrons. The lowest BCUT2D eigenvalue weighted by Crippen LogP contribution is -1.98. The van der Waals surface area contributed by atoms with Crippen LogP contribution in [0.5, 0.6) is 0 Å². The van der Waals surface area contributed by atoms with Crippen LogP contribution in [-0.4, -0.2) is 17.6 Å². The molecule has 0 rings (SSSR count). The Morgan fingerprint density at radius 3 is 2.43 bits per heavy atom. The van der Waals surface area contributed by atoms with Crippen molar-refractivity contribution in [2.45, 2.75) is 6.42 Å². The van der Waals surface area contributed by atoms with Gasteiger partial charge in [0.25, 0.3) is 0 Å². The van der Waals surface area contributed by atoms with Crippen molar-refractivity contribution < 1.29 is 9.46 Å². The second-order valence-electron chi connectivity index (χ2n) is 1.22. The van der Waals surface area contributed by atoms with Crippen LogP contribution >= 0.6 is 8.03 Å². The van der Waals surface area contributed by atoms with Crippen molar-refractivity contribution in [2.24, 2.45) is 5.73 Å². The van der Waals surface area contributed by atoms with E-state index in [1.54, 1.807) is 0 Å². The average molecular weight is 122 g/mol. The topological polar surface area (TPSA) is 63.3 Å². The highest BCUT2D eigenvalue weighted by atomic mass is 31.1. The van der Waals surface area contributed by atoms with E-state index in [1.807, 2.05) is 0 Å². The Balaban J connectivity index is 2.82. The van der Waals surface area contributed by atoms with Gasteiger partial charge >= 0.3 is 8.03 Å². The maximum Gasteiger partial charge on any atom is 0.505 e. The first kappa shape index (κ1) is 7.02. The number of hydrogen-bond donors (Lipinski definition) is 2. The summed E-state index contributed by atoms with van der Waals surface area (Å²) < 4.78 is 9.85. The summed E-state index contributed by atoms with van der Waals surface area (Å²) in [5.41, 5.74) is 5.04. The van der Waals surface area contributed by atoms with E-state index in [0.717, 1.165) is 0 Å². The standard InChI is InChI=1S/C3H8NO2P/c4-2-1-3-7(5)6/h1-4H2/p+1. The highest BCUT2D eigenvalue weighted by Crippen LogP contribution is 2.12. The summed E-state index contributed by atoms with van der Waals surface area (Å²) in [4.78, 5) is 8.14. The molecule has 0 spiro atoms. The van der Waals surface area contributed by atoms with E-state index in [1.165, 1.54) is 0 Å². The highest BCUT2D eigenvalue weighted by Gasteiger charge is 2.05. The van der Waals surface area contributed by atoms with E-state index >= 15 is 0 Å². The van der Waals surface area contributed by atoms with E-state index in [0.29, 0.717) is 19.1 Å². The van der Waals surface area contributed by atoms with Crippen LogP contribution in [0.25, 0.3) is 0 Å². The van der Waals surface area contributed by atoms with E-state index in [-0.39, 0.29) is 0 Å². The van der Waals surface area contributed by atoms with Crippen molar-refractivity contribution in [2.75, 3.05) is 12.7 Å². The zero-order valence-electron chi connectivity index (χ0n) is 4.00. The van der Waals surface area contributed by atoms with Gasteiger partial charge < -0.3 is 5.73 Å². The Kier molecular flexibility index (Phi) is 4.20. The molecule has 3 N–H and O–H groups in total. The lowest BCUT2D eigenvalue weighted by molar-refractivity contribution is 0.501. The minimum Gasteiger partial charge on any atom is -0.330 e. The molecule has 0 saturated carbocycles. The molecule has 0 aliphatic rings. The second kappa shape index (κ2) is 4.19. The molecule has 0 aromatic rings. The first-order valence-electron chi connectivity index (χ1n) is 2.11. The molecule has 4 heteroatoms. The summed E-state index contributed by atoms with van der Waals surface area (Å²) in [6, 6.07) is 0. The van der Waals surface area contributed by atoms with Crippen LogP contribution in [0, 0.1) is 0 Å². The molecule has 0 radical (unpaired) electrons. The largest absolute Gasteiger partial charge is 0.505 e. The summed E-state index contributed by atoms with van der Waals surface area (Å²) in [6.07, 6.45) is 0.984. The molecule has 0 bridgehead atoms. The van der Waals surface area contributed by atoms with Crippen LogP contribution < -0.4 is 5.73 Å². The molecule has 0 aliphatic carbocycles. The highest BCUT2D eigenvalue weighted by molar-refractivity contribution is 7.37. The minimum absolute atomic E-state index is 0.339. The van der Waals surface area contributed by atoms with Gasteiger partial charge in [-0.3, -0.25) is 0 Å². The van der Waals surface area contributed by atoms with Gasteiger partial charge in [-0.2, -0.15) is 4.89 Å². The van der Waals surface area contributed by atoms with Gasteiger partial charge in [0.2, 0.25) is 0 Å². The zero-order valence-corrected chi connectivity index (χ0v) is 4.90. The maximum absolute atomic E-state index is 9.85. The van der Waals surface area contributed by atoms with Gasteiger partial charge in [0.1, 0.15) is 0 Å². The second-order valence-corrected chi connectivity index (χ2v) is 2.37. The van der Waals surface area contributed by atoms with Gasteiger partial charge in [-0.1, -0.05) is 0 Å². The Labute approximate surface area is 43.4 Å². The van der Waals surface area contributed by atoms with Crippen LogP contribution in [0.15, 0.2) is 0 Å². The lowest BCUT2D eigenvalue weighted by atomic mass is 10.5. The van der Waals surface area contributed by atoms with E-state index < -0.39 is 8.03 Å². The molecule has 7 heavy (non-hydrogen) atoms. The van der Waals surface area contributed by atoms with Crippen LogP contribution in [-0.2, 0) is 4.57 Å². The van der Waals surface area contributed by atoms with Crippen molar-refractivity contribution in [3.8, 4) is 0 Å². The van der Waals surface area contributed by atoms with Crippen LogP contribution in [0.3, 0.4) is 0 Å². The normalized spacial score (nSPS) is 11.4. The Morgan fingerprint density at radius 1 is 1.71 bits per heavy atom. The van der Waals surface area contributed by atoms with Gasteiger partial charge in [-0.05, 0) is 11.1 Å². The van der Waals surface area contributed by atoms with Gasteiger partial charge in [-0.25, -0.2) is 0 Å². The molecule has 0 fully saturated rings. The fraction of sp³-hybridized carbons (Fsp3) is 1.00. The fourth-order valence-electron chi connectivity index (χ4n) is 0.227. The molecule has 1 unspecified atom stereocenters. The molecule has 0 aromatic heterocycles. The van der Waals surface area contributed by atoms with Crippen molar-refractivity contribution in [3.05, 3.63) is 0 Å². The Morgan fingerprint density at radius 2 is 2.29 bits per heavy atom. The molecular formula is C3H9NO2P+. The number of nitrogens with two attached hydrogens (primary N) is 1.